The van der Waals surface area contributed by atoms with E-state index in [0.717, 1.165) is 11.1 Å². The molecular weight excluding hydrogens is 268 g/mol. The third-order valence-electron chi connectivity index (χ3n) is 3.07. The van der Waals surface area contributed by atoms with Crippen molar-refractivity contribution >= 4 is 5.88 Å². The standard InChI is InChI=1S/C15H12N4O2/c20-17-16-15-14(13-9-5-2-6-10-13)19(18-21-15)11-12-7-3-1-4-8-12/h1-10H,11H2/p+1. The van der Waals surface area contributed by atoms with Gasteiger partial charge in [0, 0.05) is 5.56 Å². The second kappa shape index (κ2) is 5.96. The first-order chi connectivity index (χ1) is 10.4. The Morgan fingerprint density at radius 2 is 1.71 bits per heavy atom. The number of hydrogen-bond acceptors (Lipinski definition) is 4. The van der Waals surface area contributed by atoms with Crippen LogP contribution in [0.4, 0.5) is 5.88 Å². The van der Waals surface area contributed by atoms with E-state index in [4.69, 9.17) is 4.52 Å². The minimum absolute atomic E-state index is 0.229. The number of benzene rings is 2. The first kappa shape index (κ1) is 13.0. The second-order valence-corrected chi connectivity index (χ2v) is 4.46. The van der Waals surface area contributed by atoms with Crippen LogP contribution in [-0.4, -0.2) is 5.27 Å². The van der Waals surface area contributed by atoms with Gasteiger partial charge in [0.05, 0.1) is 10.8 Å². The molecule has 0 aliphatic heterocycles. The van der Waals surface area contributed by atoms with Gasteiger partial charge < -0.3 is 0 Å². The van der Waals surface area contributed by atoms with Gasteiger partial charge in [-0.3, -0.25) is 4.52 Å². The van der Waals surface area contributed by atoms with Gasteiger partial charge in [-0.15, -0.1) is 4.91 Å². The van der Waals surface area contributed by atoms with Gasteiger partial charge in [0.15, 0.2) is 0 Å². The molecule has 3 aromatic rings. The molecule has 6 nitrogen and oxygen atoms in total. The zero-order valence-electron chi connectivity index (χ0n) is 11.1. The van der Waals surface area contributed by atoms with Gasteiger partial charge in [0.25, 0.3) is 0 Å². The van der Waals surface area contributed by atoms with Crippen LogP contribution >= 0.6 is 0 Å². The van der Waals surface area contributed by atoms with Gasteiger partial charge in [0.2, 0.25) is 11.8 Å². The molecule has 0 fully saturated rings. The molecule has 0 saturated heterocycles. The summed E-state index contributed by atoms with van der Waals surface area (Å²) in [5.41, 5.74) is 4.95. The Morgan fingerprint density at radius 3 is 2.38 bits per heavy atom. The summed E-state index contributed by atoms with van der Waals surface area (Å²) in [6.45, 7) is 0.537. The lowest BCUT2D eigenvalue weighted by Gasteiger charge is -1.97. The molecule has 0 aliphatic rings. The fourth-order valence-corrected chi connectivity index (χ4v) is 2.15. The van der Waals surface area contributed by atoms with Crippen molar-refractivity contribution in [1.82, 2.24) is 5.27 Å². The Morgan fingerprint density at radius 1 is 1.05 bits per heavy atom. The molecule has 1 aromatic heterocycles. The predicted octanol–water partition coefficient (Wildman–Crippen LogP) is 2.77. The molecule has 21 heavy (non-hydrogen) atoms. The van der Waals surface area contributed by atoms with E-state index in [-0.39, 0.29) is 5.88 Å². The van der Waals surface area contributed by atoms with Crippen LogP contribution in [0.5, 0.6) is 0 Å². The Bertz CT molecular complexity index is 726. The number of aromatic nitrogens is 2. The Hall–Kier alpha value is -3.02. The number of anilines is 1. The van der Waals surface area contributed by atoms with Gasteiger partial charge in [-0.1, -0.05) is 48.5 Å². The molecule has 0 radical (unpaired) electrons. The van der Waals surface area contributed by atoms with E-state index in [2.05, 4.69) is 16.0 Å². The Balaban J connectivity index is 2.03. The molecule has 0 aliphatic carbocycles. The van der Waals surface area contributed by atoms with E-state index in [0.29, 0.717) is 12.2 Å². The number of nitrogens with one attached hydrogen (secondary N) is 1. The Kier molecular flexibility index (Phi) is 3.68. The largest absolute Gasteiger partial charge is 0.326 e. The highest BCUT2D eigenvalue weighted by atomic mass is 16.5. The van der Waals surface area contributed by atoms with Crippen LogP contribution in [0.1, 0.15) is 5.56 Å². The minimum Gasteiger partial charge on any atom is -0.280 e. The fraction of sp³-hybridized carbons (Fsp3) is 0.0667. The van der Waals surface area contributed by atoms with Crippen LogP contribution in [-0.2, 0) is 6.54 Å². The number of rotatable bonds is 5. The van der Waals surface area contributed by atoms with Gasteiger partial charge in [-0.05, 0) is 16.8 Å². The van der Waals surface area contributed by atoms with Gasteiger partial charge >= 0.3 is 11.6 Å². The third kappa shape index (κ3) is 2.79. The highest BCUT2D eigenvalue weighted by molar-refractivity contribution is 5.66. The van der Waals surface area contributed by atoms with Crippen molar-refractivity contribution in [3.63, 3.8) is 0 Å². The van der Waals surface area contributed by atoms with E-state index in [1.54, 1.807) is 4.68 Å². The minimum atomic E-state index is 0.229. The van der Waals surface area contributed by atoms with Crippen LogP contribution < -0.4 is 10.1 Å². The summed E-state index contributed by atoms with van der Waals surface area (Å²) in [7, 11) is 0. The number of nitroso groups, excluding NO2 is 1. The van der Waals surface area contributed by atoms with E-state index >= 15 is 0 Å². The Labute approximate surface area is 120 Å². The molecule has 0 spiro atoms. The molecule has 0 atom stereocenters. The quantitative estimate of drug-likeness (QED) is 0.443. The lowest BCUT2D eigenvalue weighted by Crippen LogP contribution is -2.38. The average molecular weight is 281 g/mol. The number of hydrogen-bond donors (Lipinski definition) is 1. The van der Waals surface area contributed by atoms with Crippen molar-refractivity contribution in [3.8, 4) is 11.3 Å². The normalized spacial score (nSPS) is 10.3. The highest BCUT2D eigenvalue weighted by Gasteiger charge is 2.26. The van der Waals surface area contributed by atoms with Crippen LogP contribution in [0.2, 0.25) is 0 Å². The summed E-state index contributed by atoms with van der Waals surface area (Å²) >= 11 is 0. The first-order valence-corrected chi connectivity index (χ1v) is 6.46. The summed E-state index contributed by atoms with van der Waals surface area (Å²) in [4.78, 5) is 10.5. The summed E-state index contributed by atoms with van der Waals surface area (Å²) in [6, 6.07) is 19.5. The number of nitrogens with zero attached hydrogens (tertiary/aromatic N) is 3. The van der Waals surface area contributed by atoms with E-state index in [1.165, 1.54) is 0 Å². The molecule has 2 aromatic carbocycles. The molecule has 0 amide bonds. The molecule has 0 unspecified atom stereocenters. The van der Waals surface area contributed by atoms with Gasteiger partial charge in [0.1, 0.15) is 0 Å². The fourth-order valence-electron chi connectivity index (χ4n) is 2.15. The molecule has 0 bridgehead atoms. The van der Waals surface area contributed by atoms with Crippen LogP contribution in [0.25, 0.3) is 11.3 Å². The van der Waals surface area contributed by atoms with Crippen molar-refractivity contribution in [3.05, 3.63) is 71.1 Å². The molecule has 0 saturated carbocycles. The molecule has 1 heterocycles. The maximum Gasteiger partial charge on any atom is 0.326 e. The molecule has 6 heteroatoms. The third-order valence-corrected chi connectivity index (χ3v) is 3.07. The first-order valence-electron chi connectivity index (χ1n) is 6.46. The van der Waals surface area contributed by atoms with Crippen molar-refractivity contribution in [2.24, 2.45) is 5.29 Å². The highest BCUT2D eigenvalue weighted by Crippen LogP contribution is 2.24. The lowest BCUT2D eigenvalue weighted by atomic mass is 10.1. The summed E-state index contributed by atoms with van der Waals surface area (Å²) in [6.07, 6.45) is 0. The SMILES string of the molecule is O=NNc1on[n+](Cc2ccccc2)c1-c1ccccc1. The van der Waals surface area contributed by atoms with Crippen molar-refractivity contribution in [2.45, 2.75) is 6.54 Å². The zero-order valence-corrected chi connectivity index (χ0v) is 11.1. The topological polar surface area (TPSA) is 71.4 Å². The molecule has 3 rings (SSSR count). The van der Waals surface area contributed by atoms with E-state index in [9.17, 15) is 4.91 Å². The van der Waals surface area contributed by atoms with Crippen molar-refractivity contribution in [1.29, 1.82) is 0 Å². The van der Waals surface area contributed by atoms with Crippen molar-refractivity contribution in [2.75, 3.05) is 5.43 Å². The summed E-state index contributed by atoms with van der Waals surface area (Å²) in [5.74, 6) is 0.229. The van der Waals surface area contributed by atoms with Crippen molar-refractivity contribution < 1.29 is 9.20 Å². The van der Waals surface area contributed by atoms with Gasteiger partial charge in [-0.25, -0.2) is 5.43 Å². The maximum absolute atomic E-state index is 10.5. The molecule has 1 N–H and O–H groups in total. The van der Waals surface area contributed by atoms with E-state index in [1.807, 2.05) is 60.7 Å². The summed E-state index contributed by atoms with van der Waals surface area (Å²) in [5, 5.41) is 6.65. The molecular formula is C15H13N4O2+. The van der Waals surface area contributed by atoms with E-state index < -0.39 is 0 Å². The lowest BCUT2D eigenvalue weighted by molar-refractivity contribution is -0.745. The van der Waals surface area contributed by atoms with Crippen LogP contribution in [0.15, 0.2) is 70.5 Å². The average Bonchev–Trinajstić information content (AvgIpc) is 2.92. The molecule has 104 valence electrons. The summed E-state index contributed by atoms with van der Waals surface area (Å²) < 4.78 is 6.86. The van der Waals surface area contributed by atoms with Gasteiger partial charge in [-0.2, -0.15) is 0 Å². The predicted molar refractivity (Wildman–Crippen MR) is 77.1 cm³/mol. The monoisotopic (exact) mass is 281 g/mol. The van der Waals surface area contributed by atoms with Crippen LogP contribution in [0, 0.1) is 4.91 Å². The maximum atomic E-state index is 10.5. The second-order valence-electron chi connectivity index (χ2n) is 4.46. The van der Waals surface area contributed by atoms with Crippen LogP contribution in [0.3, 0.4) is 0 Å². The zero-order chi connectivity index (χ0) is 14.5. The smallest absolute Gasteiger partial charge is 0.280 e.